The summed E-state index contributed by atoms with van der Waals surface area (Å²) in [7, 11) is 2.03. The molecule has 13 heavy (non-hydrogen) atoms. The zero-order valence-electron chi connectivity index (χ0n) is 8.28. The van der Waals surface area contributed by atoms with Crippen LogP contribution in [0.3, 0.4) is 0 Å². The summed E-state index contributed by atoms with van der Waals surface area (Å²) in [6, 6.07) is 0.250. The van der Waals surface area contributed by atoms with E-state index in [4.69, 9.17) is 5.11 Å². The quantitative estimate of drug-likeness (QED) is 0.640. The summed E-state index contributed by atoms with van der Waals surface area (Å²) in [5, 5.41) is 19.4. The number of piperazine rings is 1. The first kappa shape index (κ1) is 10.9. The number of aliphatic hydroxyl groups excluding tert-OH is 1. The molecule has 4 nitrogen and oxygen atoms in total. The molecule has 1 heterocycles. The van der Waals surface area contributed by atoms with E-state index < -0.39 is 0 Å². The van der Waals surface area contributed by atoms with Gasteiger partial charge in [-0.3, -0.25) is 4.90 Å². The van der Waals surface area contributed by atoms with Crippen molar-refractivity contribution in [2.24, 2.45) is 0 Å². The standard InChI is InChI=1S/C9H19N2O2/c1-10-4-5-11(3-2-6-12)7-9(10)8-13/h9,13H,2-8H2,1H3. The van der Waals surface area contributed by atoms with E-state index in [-0.39, 0.29) is 19.3 Å². The Balaban J connectivity index is 2.27. The van der Waals surface area contributed by atoms with E-state index in [1.54, 1.807) is 0 Å². The van der Waals surface area contributed by atoms with E-state index in [9.17, 15) is 5.11 Å². The predicted molar refractivity (Wildman–Crippen MR) is 50.1 cm³/mol. The van der Waals surface area contributed by atoms with Gasteiger partial charge in [-0.15, -0.1) is 0 Å². The molecule has 0 spiro atoms. The third-order valence-corrected chi connectivity index (χ3v) is 2.69. The van der Waals surface area contributed by atoms with E-state index in [0.717, 1.165) is 32.6 Å². The van der Waals surface area contributed by atoms with Crippen LogP contribution in [0.4, 0.5) is 0 Å². The summed E-state index contributed by atoms with van der Waals surface area (Å²) < 4.78 is 0. The Labute approximate surface area is 79.8 Å². The number of aliphatic hydroxyl groups is 1. The summed E-state index contributed by atoms with van der Waals surface area (Å²) in [6.45, 7) is 4.01. The zero-order chi connectivity index (χ0) is 9.68. The van der Waals surface area contributed by atoms with Gasteiger partial charge < -0.3 is 10.0 Å². The van der Waals surface area contributed by atoms with Crippen LogP contribution >= 0.6 is 0 Å². The maximum Gasteiger partial charge on any atom is 0.0834 e. The van der Waals surface area contributed by atoms with Gasteiger partial charge in [-0.1, -0.05) is 0 Å². The SMILES string of the molecule is CN1CCN(CCC[O])CC1CO. The smallest absolute Gasteiger partial charge is 0.0834 e. The third kappa shape index (κ3) is 3.23. The minimum atomic E-state index is 0.0101. The van der Waals surface area contributed by atoms with Crippen molar-refractivity contribution in [3.8, 4) is 0 Å². The Hall–Kier alpha value is -0.160. The van der Waals surface area contributed by atoms with Gasteiger partial charge in [0.1, 0.15) is 0 Å². The van der Waals surface area contributed by atoms with Crippen molar-refractivity contribution in [3.05, 3.63) is 0 Å². The highest BCUT2D eigenvalue weighted by Crippen LogP contribution is 2.07. The Kier molecular flexibility index (Phi) is 4.66. The molecule has 0 aromatic carbocycles. The molecule has 1 atom stereocenters. The minimum absolute atomic E-state index is 0.0101. The molecule has 0 saturated carbocycles. The molecule has 1 unspecified atom stereocenters. The largest absolute Gasteiger partial charge is 0.395 e. The lowest BCUT2D eigenvalue weighted by Gasteiger charge is -2.38. The van der Waals surface area contributed by atoms with Crippen LogP contribution in [-0.2, 0) is 5.11 Å². The molecule has 0 amide bonds. The van der Waals surface area contributed by atoms with Gasteiger partial charge in [-0.05, 0) is 13.5 Å². The predicted octanol–water partition coefficient (Wildman–Crippen LogP) is -0.585. The van der Waals surface area contributed by atoms with Crippen molar-refractivity contribution >= 4 is 0 Å². The van der Waals surface area contributed by atoms with Gasteiger partial charge in [0.25, 0.3) is 0 Å². The zero-order valence-corrected chi connectivity index (χ0v) is 8.28. The highest BCUT2D eigenvalue weighted by molar-refractivity contribution is 4.79. The molecule has 1 radical (unpaired) electrons. The van der Waals surface area contributed by atoms with Crippen LogP contribution in [0.15, 0.2) is 0 Å². The molecule has 0 aromatic rings. The van der Waals surface area contributed by atoms with Crippen LogP contribution in [0.5, 0.6) is 0 Å². The number of likely N-dealkylation sites (N-methyl/N-ethyl adjacent to an activating group) is 1. The van der Waals surface area contributed by atoms with Gasteiger partial charge in [0.05, 0.1) is 13.2 Å². The van der Waals surface area contributed by atoms with Crippen LogP contribution in [0, 0.1) is 0 Å². The Morgan fingerprint density at radius 3 is 2.85 bits per heavy atom. The molecule has 1 fully saturated rings. The van der Waals surface area contributed by atoms with Gasteiger partial charge in [0.2, 0.25) is 0 Å². The van der Waals surface area contributed by atoms with Gasteiger partial charge in [0, 0.05) is 32.2 Å². The fourth-order valence-electron chi connectivity index (χ4n) is 1.70. The number of hydrogen-bond acceptors (Lipinski definition) is 3. The lowest BCUT2D eigenvalue weighted by atomic mass is 10.2. The van der Waals surface area contributed by atoms with E-state index >= 15 is 0 Å². The number of nitrogens with zero attached hydrogens (tertiary/aromatic N) is 2. The fraction of sp³-hybridized carbons (Fsp3) is 1.00. The second-order valence-electron chi connectivity index (χ2n) is 3.68. The second kappa shape index (κ2) is 5.54. The highest BCUT2D eigenvalue weighted by Gasteiger charge is 2.22. The molecular formula is C9H19N2O2. The van der Waals surface area contributed by atoms with Crippen LogP contribution in [0.2, 0.25) is 0 Å². The normalized spacial score (nSPS) is 26.5. The summed E-state index contributed by atoms with van der Waals surface area (Å²) in [6.07, 6.45) is 0.724. The summed E-state index contributed by atoms with van der Waals surface area (Å²) in [4.78, 5) is 4.44. The van der Waals surface area contributed by atoms with Gasteiger partial charge >= 0.3 is 0 Å². The fourth-order valence-corrected chi connectivity index (χ4v) is 1.70. The number of hydrogen-bond donors (Lipinski definition) is 1. The van der Waals surface area contributed by atoms with Crippen LogP contribution < -0.4 is 0 Å². The van der Waals surface area contributed by atoms with Crippen LogP contribution in [-0.4, -0.2) is 67.4 Å². The third-order valence-electron chi connectivity index (χ3n) is 2.69. The first-order valence-corrected chi connectivity index (χ1v) is 4.89. The summed E-state index contributed by atoms with van der Waals surface area (Å²) in [5.41, 5.74) is 0. The van der Waals surface area contributed by atoms with Crippen LogP contribution in [0.25, 0.3) is 0 Å². The molecule has 1 aliphatic rings. The average Bonchev–Trinajstić information content (AvgIpc) is 2.16. The molecule has 0 aliphatic carbocycles. The minimum Gasteiger partial charge on any atom is -0.395 e. The van der Waals surface area contributed by atoms with Gasteiger partial charge in [0.15, 0.2) is 0 Å². The molecular weight excluding hydrogens is 168 g/mol. The van der Waals surface area contributed by atoms with Crippen molar-refractivity contribution in [3.63, 3.8) is 0 Å². The molecule has 0 bridgehead atoms. The topological polar surface area (TPSA) is 46.6 Å². The van der Waals surface area contributed by atoms with E-state index in [1.807, 2.05) is 7.05 Å². The molecule has 1 N–H and O–H groups in total. The van der Waals surface area contributed by atoms with E-state index in [1.165, 1.54) is 0 Å². The molecule has 1 aliphatic heterocycles. The number of rotatable bonds is 4. The van der Waals surface area contributed by atoms with Crippen molar-refractivity contribution < 1.29 is 10.2 Å². The second-order valence-corrected chi connectivity index (χ2v) is 3.68. The van der Waals surface area contributed by atoms with Gasteiger partial charge in [-0.2, -0.15) is 0 Å². The molecule has 1 rings (SSSR count). The lowest BCUT2D eigenvalue weighted by Crippen LogP contribution is -2.53. The van der Waals surface area contributed by atoms with E-state index in [2.05, 4.69) is 9.80 Å². The Morgan fingerprint density at radius 2 is 2.23 bits per heavy atom. The molecule has 77 valence electrons. The Morgan fingerprint density at radius 1 is 1.46 bits per heavy atom. The molecule has 1 saturated heterocycles. The average molecular weight is 187 g/mol. The van der Waals surface area contributed by atoms with Crippen molar-refractivity contribution in [1.82, 2.24) is 9.80 Å². The first-order valence-electron chi connectivity index (χ1n) is 4.89. The first-order chi connectivity index (χ1) is 6.27. The molecule has 0 aromatic heterocycles. The summed E-state index contributed by atoms with van der Waals surface area (Å²) in [5.74, 6) is 0. The highest BCUT2D eigenvalue weighted by atomic mass is 16.3. The maximum atomic E-state index is 10.3. The van der Waals surface area contributed by atoms with Crippen molar-refractivity contribution in [2.45, 2.75) is 12.5 Å². The summed E-state index contributed by atoms with van der Waals surface area (Å²) >= 11 is 0. The lowest BCUT2D eigenvalue weighted by molar-refractivity contribution is 0.0523. The van der Waals surface area contributed by atoms with Crippen molar-refractivity contribution in [2.75, 3.05) is 46.4 Å². The maximum absolute atomic E-state index is 10.3. The Bertz CT molecular complexity index is 142. The van der Waals surface area contributed by atoms with Gasteiger partial charge in [-0.25, -0.2) is 5.11 Å². The monoisotopic (exact) mass is 187 g/mol. The van der Waals surface area contributed by atoms with E-state index in [0.29, 0.717) is 0 Å². The molecule has 4 heteroatoms. The van der Waals surface area contributed by atoms with Crippen molar-refractivity contribution in [1.29, 1.82) is 0 Å². The van der Waals surface area contributed by atoms with Crippen LogP contribution in [0.1, 0.15) is 6.42 Å².